The zero-order valence-electron chi connectivity index (χ0n) is 18.3. The molecule has 0 aromatic heterocycles. The van der Waals surface area contributed by atoms with Crippen LogP contribution in [0.15, 0.2) is 18.2 Å². The van der Waals surface area contributed by atoms with Crippen molar-refractivity contribution in [3.63, 3.8) is 0 Å². The number of nitrogens with zero attached hydrogens (tertiary/aromatic N) is 3. The van der Waals surface area contributed by atoms with E-state index in [-0.39, 0.29) is 36.5 Å². The molecule has 0 spiro atoms. The van der Waals surface area contributed by atoms with Crippen molar-refractivity contribution in [2.75, 3.05) is 50.7 Å². The largest absolute Gasteiger partial charge is 0.369 e. The normalized spacial score (nSPS) is 24.9. The summed E-state index contributed by atoms with van der Waals surface area (Å²) in [6.07, 6.45) is 3.23. The Balaban J connectivity index is 0.00000245. The number of amides is 3. The minimum Gasteiger partial charge on any atom is -0.369 e. The Kier molecular flexibility index (Phi) is 7.02. The number of imide groups is 1. The molecule has 1 unspecified atom stereocenters. The maximum absolute atomic E-state index is 13.1. The first-order valence-corrected chi connectivity index (χ1v) is 11.5. The van der Waals surface area contributed by atoms with Crippen LogP contribution in [0.2, 0.25) is 0 Å². The van der Waals surface area contributed by atoms with Gasteiger partial charge in [-0.1, -0.05) is 6.07 Å². The molecule has 9 heteroatoms. The maximum Gasteiger partial charge on any atom is 0.255 e. The van der Waals surface area contributed by atoms with Crippen molar-refractivity contribution >= 4 is 35.8 Å². The number of rotatable bonds is 4. The van der Waals surface area contributed by atoms with Crippen LogP contribution in [0.3, 0.4) is 0 Å². The van der Waals surface area contributed by atoms with E-state index >= 15 is 0 Å². The molecule has 1 aromatic rings. The number of hydrogen-bond donors (Lipinski definition) is 2. The number of nitrogens with one attached hydrogen (secondary N) is 2. The van der Waals surface area contributed by atoms with Crippen molar-refractivity contribution in [1.29, 1.82) is 0 Å². The monoisotopic (exact) mass is 461 g/mol. The summed E-state index contributed by atoms with van der Waals surface area (Å²) in [5.74, 6) is 0.0917. The number of benzene rings is 1. The average molecular weight is 462 g/mol. The molecule has 1 atom stereocenters. The smallest absolute Gasteiger partial charge is 0.255 e. The summed E-state index contributed by atoms with van der Waals surface area (Å²) < 4.78 is 0. The van der Waals surface area contributed by atoms with Gasteiger partial charge in [0.2, 0.25) is 11.8 Å². The third-order valence-corrected chi connectivity index (χ3v) is 7.22. The second-order valence-electron chi connectivity index (χ2n) is 9.22. The van der Waals surface area contributed by atoms with E-state index in [1.54, 1.807) is 4.90 Å². The van der Waals surface area contributed by atoms with Crippen molar-refractivity contribution < 1.29 is 14.4 Å². The number of carbonyl (C=O) groups is 3. The van der Waals surface area contributed by atoms with E-state index in [0.717, 1.165) is 56.4 Å². The first-order chi connectivity index (χ1) is 15.1. The summed E-state index contributed by atoms with van der Waals surface area (Å²) in [6, 6.07) is 5.56. The first kappa shape index (κ1) is 23.0. The summed E-state index contributed by atoms with van der Waals surface area (Å²) in [5, 5.41) is 5.80. The molecule has 2 N–H and O–H groups in total. The summed E-state index contributed by atoms with van der Waals surface area (Å²) in [6.45, 7) is 7.95. The summed E-state index contributed by atoms with van der Waals surface area (Å²) >= 11 is 0. The SMILES string of the molecule is Cl.O=C1CCC(N2Cc3ccc(N4CCN(CC5CCNCC5)CC4)cc3C2=O)C(=O)N1. The Morgan fingerprint density at radius 1 is 0.969 bits per heavy atom. The Hall–Kier alpha value is -2.16. The van der Waals surface area contributed by atoms with Crippen molar-refractivity contribution in [2.45, 2.75) is 38.3 Å². The molecular formula is C23H32ClN5O3. The van der Waals surface area contributed by atoms with Crippen LogP contribution < -0.4 is 15.5 Å². The van der Waals surface area contributed by atoms with Gasteiger partial charge in [0.05, 0.1) is 0 Å². The molecule has 174 valence electrons. The highest BCUT2D eigenvalue weighted by atomic mass is 35.5. The van der Waals surface area contributed by atoms with Crippen molar-refractivity contribution in [2.24, 2.45) is 5.92 Å². The van der Waals surface area contributed by atoms with E-state index in [9.17, 15) is 14.4 Å². The molecule has 3 fully saturated rings. The van der Waals surface area contributed by atoms with Crippen LogP contribution in [0, 0.1) is 5.92 Å². The molecule has 4 heterocycles. The van der Waals surface area contributed by atoms with Gasteiger partial charge in [-0.15, -0.1) is 12.4 Å². The van der Waals surface area contributed by atoms with Crippen LogP contribution in [0.4, 0.5) is 5.69 Å². The van der Waals surface area contributed by atoms with E-state index in [4.69, 9.17) is 0 Å². The summed E-state index contributed by atoms with van der Waals surface area (Å²) in [4.78, 5) is 43.3. The van der Waals surface area contributed by atoms with Crippen LogP contribution in [-0.2, 0) is 16.1 Å². The topological polar surface area (TPSA) is 85.0 Å². The predicted octanol–water partition coefficient (Wildman–Crippen LogP) is 0.991. The minimum absolute atomic E-state index is 0. The van der Waals surface area contributed by atoms with Gasteiger partial charge in [-0.25, -0.2) is 0 Å². The average Bonchev–Trinajstić information content (AvgIpc) is 3.11. The molecule has 3 amide bonds. The van der Waals surface area contributed by atoms with Gasteiger partial charge in [0.25, 0.3) is 5.91 Å². The van der Waals surface area contributed by atoms with E-state index in [0.29, 0.717) is 18.5 Å². The van der Waals surface area contributed by atoms with Crippen LogP contribution >= 0.6 is 12.4 Å². The number of fused-ring (bicyclic) bond motifs is 1. The number of anilines is 1. The fourth-order valence-electron chi connectivity index (χ4n) is 5.36. The molecule has 1 aromatic carbocycles. The summed E-state index contributed by atoms with van der Waals surface area (Å²) in [5.41, 5.74) is 2.74. The number of piperidine rings is 2. The fourth-order valence-corrected chi connectivity index (χ4v) is 5.36. The van der Waals surface area contributed by atoms with Crippen LogP contribution in [0.1, 0.15) is 41.6 Å². The molecule has 5 rings (SSSR count). The zero-order valence-corrected chi connectivity index (χ0v) is 19.2. The standard InChI is InChI=1S/C23H31N5O3.ClH/c29-21-4-3-20(22(30)25-21)28-15-17-1-2-18(13-19(17)23(28)31)27-11-9-26(10-12-27)14-16-5-7-24-8-6-16;/h1-2,13,16,20,24H,3-12,14-15H2,(H,25,29,30);1H. The van der Waals surface area contributed by atoms with Crippen LogP contribution in [-0.4, -0.2) is 79.4 Å². The van der Waals surface area contributed by atoms with Gasteiger partial charge in [0.15, 0.2) is 0 Å². The lowest BCUT2D eigenvalue weighted by Gasteiger charge is -2.38. The molecule has 0 saturated carbocycles. The number of piperazine rings is 1. The van der Waals surface area contributed by atoms with Gasteiger partial charge < -0.3 is 15.1 Å². The lowest BCUT2D eigenvalue weighted by molar-refractivity contribution is -0.136. The van der Waals surface area contributed by atoms with E-state index < -0.39 is 6.04 Å². The third kappa shape index (κ3) is 4.63. The minimum atomic E-state index is -0.556. The van der Waals surface area contributed by atoms with Crippen molar-refractivity contribution in [1.82, 2.24) is 20.4 Å². The molecule has 0 radical (unpaired) electrons. The highest BCUT2D eigenvalue weighted by Crippen LogP contribution is 2.31. The fraction of sp³-hybridized carbons (Fsp3) is 0.609. The molecule has 4 aliphatic rings. The molecule has 32 heavy (non-hydrogen) atoms. The lowest BCUT2D eigenvalue weighted by Crippen LogP contribution is -2.52. The predicted molar refractivity (Wildman–Crippen MR) is 124 cm³/mol. The van der Waals surface area contributed by atoms with Crippen LogP contribution in [0.25, 0.3) is 0 Å². The molecular weight excluding hydrogens is 430 g/mol. The molecule has 3 saturated heterocycles. The Bertz CT molecular complexity index is 880. The zero-order chi connectivity index (χ0) is 21.4. The maximum atomic E-state index is 13.1. The summed E-state index contributed by atoms with van der Waals surface area (Å²) in [7, 11) is 0. The van der Waals surface area contributed by atoms with Gasteiger partial charge in [0, 0.05) is 56.9 Å². The molecule has 0 aliphatic carbocycles. The van der Waals surface area contributed by atoms with E-state index in [2.05, 4.69) is 26.5 Å². The number of carbonyl (C=O) groups excluding carboxylic acids is 3. The van der Waals surface area contributed by atoms with Crippen molar-refractivity contribution in [3.8, 4) is 0 Å². The van der Waals surface area contributed by atoms with Gasteiger partial charge in [0.1, 0.15) is 6.04 Å². The Morgan fingerprint density at radius 2 is 1.72 bits per heavy atom. The quantitative estimate of drug-likeness (QED) is 0.650. The second kappa shape index (κ2) is 9.77. The lowest BCUT2D eigenvalue weighted by atomic mass is 9.97. The van der Waals surface area contributed by atoms with Gasteiger partial charge in [-0.2, -0.15) is 0 Å². The van der Waals surface area contributed by atoms with E-state index in [1.165, 1.54) is 19.4 Å². The second-order valence-corrected chi connectivity index (χ2v) is 9.22. The third-order valence-electron chi connectivity index (χ3n) is 7.22. The molecule has 0 bridgehead atoms. The highest BCUT2D eigenvalue weighted by molar-refractivity contribution is 6.05. The van der Waals surface area contributed by atoms with Crippen molar-refractivity contribution in [3.05, 3.63) is 29.3 Å². The van der Waals surface area contributed by atoms with Gasteiger partial charge in [-0.05, 0) is 56.0 Å². The van der Waals surface area contributed by atoms with Crippen LogP contribution in [0.5, 0.6) is 0 Å². The highest BCUT2D eigenvalue weighted by Gasteiger charge is 2.39. The number of halogens is 1. The molecule has 8 nitrogen and oxygen atoms in total. The first-order valence-electron chi connectivity index (χ1n) is 11.5. The van der Waals surface area contributed by atoms with Gasteiger partial charge in [-0.3, -0.25) is 24.6 Å². The van der Waals surface area contributed by atoms with Gasteiger partial charge >= 0.3 is 0 Å². The molecule has 4 aliphatic heterocycles. The van der Waals surface area contributed by atoms with E-state index in [1.807, 2.05) is 12.1 Å². The Morgan fingerprint density at radius 3 is 2.44 bits per heavy atom. The Labute approximate surface area is 195 Å². The number of hydrogen-bond acceptors (Lipinski definition) is 6.